The molecule has 1 nitrogen and oxygen atoms in total. The van der Waals surface area contributed by atoms with Gasteiger partial charge in [-0.1, -0.05) is 200 Å². The number of fused-ring (bicyclic) bond motifs is 8. The van der Waals surface area contributed by atoms with Gasteiger partial charge in [0.25, 0.3) is 0 Å². The number of rotatable bonds is 5. The third-order valence-corrected chi connectivity index (χ3v) is 10.8. The number of hydrogen-bond acceptors (Lipinski definition) is 1. The molecule has 0 radical (unpaired) electrons. The van der Waals surface area contributed by atoms with Crippen molar-refractivity contribution in [2.24, 2.45) is 0 Å². The Morgan fingerprint density at radius 1 is 0.379 bits per heavy atom. The molecule has 0 aliphatic heterocycles. The van der Waals surface area contributed by atoms with E-state index in [2.05, 4.69) is 0 Å². The lowest BCUT2D eigenvalue weighted by Crippen LogP contribution is -1.96. The molecule has 0 unspecified atom stereocenters. The van der Waals surface area contributed by atoms with Crippen LogP contribution in [0.1, 0.15) is 39.9 Å². The molecule has 1 heterocycles. The lowest BCUT2D eigenvalue weighted by molar-refractivity contribution is 0.670. The Bertz CT molecular complexity index is 4750. The van der Waals surface area contributed by atoms with E-state index in [1.807, 2.05) is 60.7 Å². The standard InChI is InChI=1S/C57H36O/c1-2-16-39-34-36(32-33-37(39)14-1)35-53-45-19-5-7-21-47(45)55(48-22-8-6-20-46(48)53)49-27-11-24-42-43(49)25-10-26-44(42)50-28-13-31-54-56(50)52-30-12-29-51(57(52)58-54)41-23-9-17-38-15-3-4-18-40(38)41/h1-34H,35H2/i1D,2D,5D,6D,7D,8D,10D,11D,14D,16D,19D,20D,21D,22D,24D,25D,26D,27D,32D,33D,34D. The van der Waals surface area contributed by atoms with Crippen LogP contribution in [0.3, 0.4) is 0 Å². The lowest BCUT2D eigenvalue weighted by atomic mass is 9.84. The molecular formula is C57H36O. The minimum atomic E-state index is -0.857. The van der Waals surface area contributed by atoms with Crippen LogP contribution in [0, 0.1) is 0 Å². The van der Waals surface area contributed by atoms with Crippen molar-refractivity contribution in [1.82, 2.24) is 0 Å². The van der Waals surface area contributed by atoms with E-state index in [0.29, 0.717) is 21.9 Å². The number of hydrogen-bond donors (Lipinski definition) is 0. The van der Waals surface area contributed by atoms with Crippen molar-refractivity contribution in [3.05, 3.63) is 217 Å². The van der Waals surface area contributed by atoms with Crippen molar-refractivity contribution >= 4 is 75.8 Å². The monoisotopic (exact) mass is 757 g/mol. The summed E-state index contributed by atoms with van der Waals surface area (Å²) in [7, 11) is 0. The quantitative estimate of drug-likeness (QED) is 0.159. The Kier molecular flexibility index (Phi) is 4.09. The van der Waals surface area contributed by atoms with E-state index in [1.165, 1.54) is 0 Å². The minimum absolute atomic E-state index is 0.139. The molecule has 0 bridgehead atoms. The fraction of sp³-hybridized carbons (Fsp3) is 0.0175. The van der Waals surface area contributed by atoms with Crippen molar-refractivity contribution < 1.29 is 33.2 Å². The molecule has 12 aromatic rings. The molecule has 0 saturated heterocycles. The fourth-order valence-corrected chi connectivity index (χ4v) is 8.27. The fourth-order valence-electron chi connectivity index (χ4n) is 8.27. The Balaban J connectivity index is 1.25. The van der Waals surface area contributed by atoms with Gasteiger partial charge in [-0.3, -0.25) is 0 Å². The second-order valence-electron chi connectivity index (χ2n) is 13.9. The van der Waals surface area contributed by atoms with Crippen LogP contribution in [0.2, 0.25) is 0 Å². The predicted molar refractivity (Wildman–Crippen MR) is 247 cm³/mol. The molecular weight excluding hydrogens is 701 g/mol. The molecule has 11 aromatic carbocycles. The van der Waals surface area contributed by atoms with Gasteiger partial charge in [0, 0.05) is 16.3 Å². The van der Waals surface area contributed by atoms with Crippen molar-refractivity contribution in [1.29, 1.82) is 0 Å². The molecule has 0 saturated carbocycles. The SMILES string of the molecule is [2H]c1c([2H])c([2H])c2c([2H])c(Cc3c4c([2H])c([2H])c([2H])c([2H])c4c(-c4c([2H])c([2H])c([2H])c5c(-c6cccc7oc8c(-c9cccc%10ccccc9%10)cccc8c67)c([2H])c([2H])c([2H])c45)c4c([2H])c([2H])c([2H])c([2H])c34)c([2H])c([2H])c2c1[2H]. The average Bonchev–Trinajstić information content (AvgIpc) is 3.73. The van der Waals surface area contributed by atoms with Gasteiger partial charge in [0.1, 0.15) is 11.2 Å². The second-order valence-corrected chi connectivity index (χ2v) is 13.9. The summed E-state index contributed by atoms with van der Waals surface area (Å²) >= 11 is 0. The van der Waals surface area contributed by atoms with Crippen LogP contribution >= 0.6 is 0 Å². The summed E-state index contributed by atoms with van der Waals surface area (Å²) < 4.78 is 200. The molecule has 0 amide bonds. The zero-order valence-corrected chi connectivity index (χ0v) is 30.1. The van der Waals surface area contributed by atoms with E-state index >= 15 is 0 Å². The normalized spacial score (nSPS) is 16.9. The third-order valence-electron chi connectivity index (χ3n) is 10.8. The zero-order chi connectivity index (χ0) is 56.4. The van der Waals surface area contributed by atoms with Crippen LogP contribution in [-0.4, -0.2) is 0 Å². The van der Waals surface area contributed by atoms with Gasteiger partial charge in [-0.05, 0) is 105 Å². The van der Waals surface area contributed by atoms with E-state index in [-0.39, 0.29) is 22.1 Å². The lowest BCUT2D eigenvalue weighted by Gasteiger charge is -2.19. The smallest absolute Gasteiger partial charge is 0.143 e. The molecule has 0 N–H and O–H groups in total. The maximum atomic E-state index is 9.75. The summed E-state index contributed by atoms with van der Waals surface area (Å²) in [4.78, 5) is 0. The van der Waals surface area contributed by atoms with Crippen molar-refractivity contribution in [2.75, 3.05) is 0 Å². The van der Waals surface area contributed by atoms with Crippen LogP contribution in [0.4, 0.5) is 0 Å². The van der Waals surface area contributed by atoms with E-state index in [0.717, 1.165) is 21.9 Å². The van der Waals surface area contributed by atoms with Gasteiger partial charge in [-0.2, -0.15) is 0 Å². The molecule has 0 atom stereocenters. The highest BCUT2D eigenvalue weighted by Crippen LogP contribution is 2.46. The molecule has 0 aliphatic rings. The molecule has 0 aliphatic carbocycles. The maximum Gasteiger partial charge on any atom is 0.143 e. The van der Waals surface area contributed by atoms with Crippen LogP contribution < -0.4 is 0 Å². The van der Waals surface area contributed by atoms with Crippen molar-refractivity contribution in [2.45, 2.75) is 6.42 Å². The minimum Gasteiger partial charge on any atom is -0.455 e. The van der Waals surface area contributed by atoms with Crippen LogP contribution in [0.15, 0.2) is 210 Å². The summed E-state index contributed by atoms with van der Waals surface area (Å²) in [6.45, 7) is 0. The molecule has 1 aromatic heterocycles. The highest BCUT2D eigenvalue weighted by molar-refractivity contribution is 6.22. The van der Waals surface area contributed by atoms with E-state index in [1.54, 1.807) is 18.2 Å². The third kappa shape index (κ3) is 5.03. The Hall–Kier alpha value is -7.48. The summed E-state index contributed by atoms with van der Waals surface area (Å²) in [5.74, 6) is 0. The topological polar surface area (TPSA) is 13.1 Å². The van der Waals surface area contributed by atoms with Gasteiger partial charge in [0.05, 0.1) is 28.8 Å². The number of benzene rings is 11. The summed E-state index contributed by atoms with van der Waals surface area (Å²) in [5, 5.41) is -0.622. The van der Waals surface area contributed by atoms with E-state index in [9.17, 15) is 16.4 Å². The molecule has 0 fully saturated rings. The number of para-hydroxylation sites is 1. The molecule has 58 heavy (non-hydrogen) atoms. The molecule has 270 valence electrons. The predicted octanol–water partition coefficient (Wildman–Crippen LogP) is 15.9. The summed E-state index contributed by atoms with van der Waals surface area (Å²) in [6, 6.07) is 8.33. The molecule has 12 rings (SSSR count). The van der Waals surface area contributed by atoms with Gasteiger partial charge < -0.3 is 4.42 Å². The van der Waals surface area contributed by atoms with Gasteiger partial charge in [0.15, 0.2) is 0 Å². The van der Waals surface area contributed by atoms with Crippen LogP contribution in [0.5, 0.6) is 0 Å². The Morgan fingerprint density at radius 3 is 1.81 bits per heavy atom. The number of furan rings is 1. The average molecular weight is 758 g/mol. The van der Waals surface area contributed by atoms with Crippen LogP contribution in [0.25, 0.3) is 109 Å². The van der Waals surface area contributed by atoms with Gasteiger partial charge in [0.2, 0.25) is 0 Å². The summed E-state index contributed by atoms with van der Waals surface area (Å²) in [5.41, 5.74) is 0.708. The molecule has 1 heteroatoms. The Morgan fingerprint density at radius 2 is 0.983 bits per heavy atom. The Labute approximate surface area is 365 Å². The van der Waals surface area contributed by atoms with Crippen molar-refractivity contribution in [3.63, 3.8) is 0 Å². The van der Waals surface area contributed by atoms with E-state index in [4.69, 9.17) is 16.8 Å². The first-order valence-corrected chi connectivity index (χ1v) is 18.4. The highest BCUT2D eigenvalue weighted by atomic mass is 16.3. The summed E-state index contributed by atoms with van der Waals surface area (Å²) in [6.07, 6.45) is -0.790. The zero-order valence-electron chi connectivity index (χ0n) is 51.1. The maximum absolute atomic E-state index is 9.75. The first kappa shape index (κ1) is 18.2. The first-order valence-electron chi connectivity index (χ1n) is 28.9. The van der Waals surface area contributed by atoms with Gasteiger partial charge in [-0.25, -0.2) is 0 Å². The van der Waals surface area contributed by atoms with Gasteiger partial charge in [-0.15, -0.1) is 0 Å². The first-order chi connectivity index (χ1) is 37.5. The largest absolute Gasteiger partial charge is 0.455 e. The van der Waals surface area contributed by atoms with Gasteiger partial charge >= 0.3 is 0 Å². The molecule has 0 spiro atoms. The highest BCUT2D eigenvalue weighted by Gasteiger charge is 2.21. The van der Waals surface area contributed by atoms with E-state index < -0.39 is 188 Å². The van der Waals surface area contributed by atoms with Crippen molar-refractivity contribution in [3.8, 4) is 33.4 Å². The van der Waals surface area contributed by atoms with Crippen LogP contribution in [-0.2, 0) is 6.42 Å². The second kappa shape index (κ2) is 13.0.